The van der Waals surface area contributed by atoms with E-state index in [1.165, 1.54) is 6.92 Å². The first-order chi connectivity index (χ1) is 9.21. The van der Waals surface area contributed by atoms with E-state index in [9.17, 15) is 17.2 Å². The first-order valence-electron chi connectivity index (χ1n) is 6.41. The Balaban J connectivity index is 3.28. The van der Waals surface area contributed by atoms with Crippen molar-refractivity contribution in [1.29, 1.82) is 0 Å². The van der Waals surface area contributed by atoms with Crippen LogP contribution in [0.2, 0.25) is 0 Å². The van der Waals surface area contributed by atoms with E-state index in [1.54, 1.807) is 13.8 Å². The molecule has 0 unspecified atom stereocenters. The minimum Gasteiger partial charge on any atom is -0.329 e. The highest BCUT2D eigenvalue weighted by Gasteiger charge is 2.32. The number of nitrogens with two attached hydrogens (primary N) is 1. The summed E-state index contributed by atoms with van der Waals surface area (Å²) in [6.07, 6.45) is 0.946. The van der Waals surface area contributed by atoms with Gasteiger partial charge in [-0.05, 0) is 31.4 Å². The van der Waals surface area contributed by atoms with Gasteiger partial charge >= 0.3 is 0 Å². The third kappa shape index (κ3) is 3.34. The summed E-state index contributed by atoms with van der Waals surface area (Å²) in [6.45, 7) is 5.07. The maximum absolute atomic E-state index is 13.7. The molecule has 0 saturated carbocycles. The first-order valence-corrected chi connectivity index (χ1v) is 7.89. The molecule has 0 aliphatic carbocycles. The number of nitrogens with one attached hydrogen (secondary N) is 1. The Hall–Kier alpha value is -1.05. The predicted molar refractivity (Wildman–Crippen MR) is 73.8 cm³/mol. The zero-order valence-electron chi connectivity index (χ0n) is 11.8. The molecule has 114 valence electrons. The van der Waals surface area contributed by atoms with Crippen molar-refractivity contribution in [3.8, 4) is 0 Å². The lowest BCUT2D eigenvalue weighted by atomic mass is 9.95. The molecule has 7 heteroatoms. The van der Waals surface area contributed by atoms with Crippen molar-refractivity contribution in [2.75, 3.05) is 6.54 Å². The van der Waals surface area contributed by atoms with Crippen molar-refractivity contribution in [3.63, 3.8) is 0 Å². The number of rotatable bonds is 6. The van der Waals surface area contributed by atoms with E-state index in [1.807, 2.05) is 0 Å². The van der Waals surface area contributed by atoms with Crippen LogP contribution in [-0.2, 0) is 10.0 Å². The topological polar surface area (TPSA) is 72.2 Å². The lowest BCUT2D eigenvalue weighted by Crippen LogP contribution is -2.52. The normalized spacial score (nSPS) is 12.7. The summed E-state index contributed by atoms with van der Waals surface area (Å²) in [6, 6.07) is 1.56. The van der Waals surface area contributed by atoms with Crippen molar-refractivity contribution in [2.45, 2.75) is 44.0 Å². The van der Waals surface area contributed by atoms with Crippen LogP contribution >= 0.6 is 0 Å². The van der Waals surface area contributed by atoms with Gasteiger partial charge < -0.3 is 5.73 Å². The number of aryl methyl sites for hydroxylation is 1. The third-order valence-electron chi connectivity index (χ3n) is 3.60. The average Bonchev–Trinajstić information content (AvgIpc) is 2.40. The van der Waals surface area contributed by atoms with Crippen molar-refractivity contribution in [3.05, 3.63) is 29.3 Å². The van der Waals surface area contributed by atoms with Crippen molar-refractivity contribution < 1.29 is 17.2 Å². The largest absolute Gasteiger partial charge is 0.329 e. The molecule has 0 fully saturated rings. The van der Waals surface area contributed by atoms with Gasteiger partial charge in [0.15, 0.2) is 0 Å². The summed E-state index contributed by atoms with van der Waals surface area (Å²) in [4.78, 5) is -0.559. The Labute approximate surface area is 118 Å². The SMILES string of the molecule is CCC(CC)(CN)NS(=O)(=O)c1cc(C)c(F)cc1F. The summed E-state index contributed by atoms with van der Waals surface area (Å²) < 4.78 is 53.9. The van der Waals surface area contributed by atoms with E-state index in [-0.39, 0.29) is 12.1 Å². The van der Waals surface area contributed by atoms with Gasteiger partial charge in [0.2, 0.25) is 10.0 Å². The highest BCUT2D eigenvalue weighted by atomic mass is 32.2. The average molecular weight is 306 g/mol. The molecular formula is C13H20F2N2O2S. The number of hydrogen-bond donors (Lipinski definition) is 2. The molecule has 0 heterocycles. The molecule has 0 spiro atoms. The highest BCUT2D eigenvalue weighted by Crippen LogP contribution is 2.22. The second-order valence-corrected chi connectivity index (χ2v) is 6.48. The molecule has 0 aliphatic heterocycles. The summed E-state index contributed by atoms with van der Waals surface area (Å²) in [5, 5.41) is 0. The van der Waals surface area contributed by atoms with Gasteiger partial charge in [-0.3, -0.25) is 0 Å². The van der Waals surface area contributed by atoms with Gasteiger partial charge in [0, 0.05) is 18.2 Å². The van der Waals surface area contributed by atoms with E-state index < -0.39 is 32.1 Å². The zero-order chi connectivity index (χ0) is 15.6. The second-order valence-electron chi connectivity index (χ2n) is 4.83. The van der Waals surface area contributed by atoms with Crippen molar-refractivity contribution in [1.82, 2.24) is 4.72 Å². The quantitative estimate of drug-likeness (QED) is 0.845. The fourth-order valence-corrected chi connectivity index (χ4v) is 3.60. The molecule has 1 aromatic carbocycles. The highest BCUT2D eigenvalue weighted by molar-refractivity contribution is 7.89. The van der Waals surface area contributed by atoms with Gasteiger partial charge in [-0.15, -0.1) is 0 Å². The Morgan fingerprint density at radius 1 is 1.20 bits per heavy atom. The van der Waals surface area contributed by atoms with Crippen LogP contribution in [0, 0.1) is 18.6 Å². The minimum absolute atomic E-state index is 0.0677. The number of sulfonamides is 1. The van der Waals surface area contributed by atoms with Crippen LogP contribution in [0.3, 0.4) is 0 Å². The van der Waals surface area contributed by atoms with Crippen LogP contribution in [-0.4, -0.2) is 20.5 Å². The predicted octanol–water partition coefficient (Wildman–Crippen LogP) is 2.07. The molecule has 0 atom stereocenters. The summed E-state index contributed by atoms with van der Waals surface area (Å²) in [5.41, 5.74) is 4.87. The van der Waals surface area contributed by atoms with Crippen LogP contribution in [0.25, 0.3) is 0 Å². The van der Waals surface area contributed by atoms with Gasteiger partial charge in [-0.2, -0.15) is 0 Å². The Morgan fingerprint density at radius 2 is 1.75 bits per heavy atom. The van der Waals surface area contributed by atoms with Crippen LogP contribution in [0.4, 0.5) is 8.78 Å². The second kappa shape index (κ2) is 6.15. The first kappa shape index (κ1) is 17.0. The molecule has 3 N–H and O–H groups in total. The van der Waals surface area contributed by atoms with Crippen LogP contribution < -0.4 is 10.5 Å². The standard InChI is InChI=1S/C13H20F2N2O2S/c1-4-13(5-2,8-16)17-20(18,19)12-6-9(3)10(14)7-11(12)15/h6-7,17H,4-5,8,16H2,1-3H3. The lowest BCUT2D eigenvalue weighted by molar-refractivity contribution is 0.362. The molecule has 0 aromatic heterocycles. The van der Waals surface area contributed by atoms with Gasteiger partial charge in [-0.25, -0.2) is 21.9 Å². The van der Waals surface area contributed by atoms with Gasteiger partial charge in [0.25, 0.3) is 0 Å². The maximum Gasteiger partial charge on any atom is 0.244 e. The molecule has 0 radical (unpaired) electrons. The van der Waals surface area contributed by atoms with Crippen LogP contribution in [0.15, 0.2) is 17.0 Å². The number of benzene rings is 1. The fourth-order valence-electron chi connectivity index (χ4n) is 1.90. The van der Waals surface area contributed by atoms with Crippen molar-refractivity contribution >= 4 is 10.0 Å². The molecule has 1 aromatic rings. The monoisotopic (exact) mass is 306 g/mol. The Morgan fingerprint density at radius 3 is 2.20 bits per heavy atom. The minimum atomic E-state index is -4.10. The third-order valence-corrected chi connectivity index (χ3v) is 5.19. The van der Waals surface area contributed by atoms with E-state index in [4.69, 9.17) is 5.73 Å². The van der Waals surface area contributed by atoms with Gasteiger partial charge in [-0.1, -0.05) is 13.8 Å². The molecule has 0 bridgehead atoms. The van der Waals surface area contributed by atoms with Gasteiger partial charge in [0.05, 0.1) is 0 Å². The smallest absolute Gasteiger partial charge is 0.244 e. The van der Waals surface area contributed by atoms with Crippen molar-refractivity contribution in [2.24, 2.45) is 5.73 Å². The summed E-state index contributed by atoms with van der Waals surface area (Å²) in [5.74, 6) is -1.89. The Bertz CT molecular complexity index is 576. The molecule has 0 amide bonds. The Kier molecular flexibility index (Phi) is 5.23. The molecule has 1 rings (SSSR count). The number of halogens is 2. The number of hydrogen-bond acceptors (Lipinski definition) is 3. The van der Waals surface area contributed by atoms with Crippen LogP contribution in [0.5, 0.6) is 0 Å². The fraction of sp³-hybridized carbons (Fsp3) is 0.538. The van der Waals surface area contributed by atoms with Gasteiger partial charge in [0.1, 0.15) is 16.5 Å². The van der Waals surface area contributed by atoms with Crippen LogP contribution in [0.1, 0.15) is 32.3 Å². The zero-order valence-corrected chi connectivity index (χ0v) is 12.7. The molecule has 0 aliphatic rings. The molecule has 20 heavy (non-hydrogen) atoms. The molecule has 4 nitrogen and oxygen atoms in total. The summed E-state index contributed by atoms with van der Waals surface area (Å²) >= 11 is 0. The van der Waals surface area contributed by atoms with E-state index >= 15 is 0 Å². The summed E-state index contributed by atoms with van der Waals surface area (Å²) in [7, 11) is -4.10. The molecule has 0 saturated heterocycles. The lowest BCUT2D eigenvalue weighted by Gasteiger charge is -2.31. The van der Waals surface area contributed by atoms with E-state index in [0.717, 1.165) is 6.07 Å². The molecular weight excluding hydrogens is 286 g/mol. The van der Waals surface area contributed by atoms with E-state index in [2.05, 4.69) is 4.72 Å². The maximum atomic E-state index is 13.7. The van der Waals surface area contributed by atoms with E-state index in [0.29, 0.717) is 18.9 Å².